The first kappa shape index (κ1) is 45.1. The molecule has 4 heterocycles. The smallest absolute Gasteiger partial charge is 0.339 e. The zero-order valence-corrected chi connectivity index (χ0v) is 37.7. The van der Waals surface area contributed by atoms with E-state index < -0.39 is 41.3 Å². The van der Waals surface area contributed by atoms with Crippen molar-refractivity contribution in [3.63, 3.8) is 0 Å². The number of rotatable bonds is 11. The van der Waals surface area contributed by atoms with Gasteiger partial charge in [-0.15, -0.1) is 0 Å². The summed E-state index contributed by atoms with van der Waals surface area (Å²) in [5, 5.41) is 10.4. The molecule has 5 atom stereocenters. The molecule has 1 N–H and O–H groups in total. The minimum absolute atomic E-state index is 0.00198. The normalized spacial score (nSPS) is 22.3. The molecule has 0 saturated heterocycles. The number of hydrogen-bond acceptors (Lipinski definition) is 9. The lowest BCUT2D eigenvalue weighted by Crippen LogP contribution is -2.58. The van der Waals surface area contributed by atoms with Gasteiger partial charge in [0.1, 0.15) is 16.9 Å². The lowest BCUT2D eigenvalue weighted by molar-refractivity contribution is -0.199. The van der Waals surface area contributed by atoms with Crippen LogP contribution in [0.15, 0.2) is 117 Å². The molecule has 0 spiro atoms. The quantitative estimate of drug-likeness (QED) is 0.0786. The number of carbonyl (C=O) groups excluding carboxylic acids is 2. The zero-order valence-electron chi connectivity index (χ0n) is 37.7. The molecular weight excluding hydrogens is 805 g/mol. The number of allylic oxidation sites excluding steroid dienone is 1. The minimum Gasteiger partial charge on any atom is -0.483 e. The molecule has 9 heteroatoms. The molecule has 0 amide bonds. The zero-order chi connectivity index (χ0) is 44.8. The summed E-state index contributed by atoms with van der Waals surface area (Å²) < 4.78 is 32.1. The Labute approximate surface area is 376 Å². The highest BCUT2D eigenvalue weighted by atomic mass is 16.6. The van der Waals surface area contributed by atoms with Crippen molar-refractivity contribution >= 4 is 22.9 Å². The SMILES string of the molecule is COC[C@@H](CCO)c1cc2ccc3c(c2oc1=O)[C@H]1OC(=O)C[C@H](CCc2cccc(Cc4ccccc4)c2)Cc2ccc(cc2)CCC(=C(C)C)C(=O)O[C@@H]1[C@](C)(C1CCCC1)O3. The number of aliphatic hydroxyl groups excluding tert-OH is 1. The van der Waals surface area contributed by atoms with Crippen molar-refractivity contribution in [3.8, 4) is 5.75 Å². The van der Waals surface area contributed by atoms with Crippen molar-refractivity contribution in [3.05, 3.63) is 158 Å². The number of aryl methyl sites for hydroxylation is 2. The van der Waals surface area contributed by atoms with Crippen molar-refractivity contribution in [1.29, 1.82) is 0 Å². The van der Waals surface area contributed by atoms with Gasteiger partial charge in [0, 0.05) is 48.5 Å². The van der Waals surface area contributed by atoms with E-state index in [2.05, 4.69) is 72.8 Å². The molecule has 0 unspecified atom stereocenters. The largest absolute Gasteiger partial charge is 0.483 e. The minimum atomic E-state index is -1.14. The van der Waals surface area contributed by atoms with Gasteiger partial charge in [0.05, 0.1) is 12.2 Å². The molecule has 0 radical (unpaired) electrons. The van der Waals surface area contributed by atoms with Crippen molar-refractivity contribution in [1.82, 2.24) is 0 Å². The molecule has 5 aromatic rings. The van der Waals surface area contributed by atoms with Crippen LogP contribution in [0.1, 0.15) is 123 Å². The fourth-order valence-corrected chi connectivity index (χ4v) is 10.4. The Morgan fingerprint density at radius 3 is 2.30 bits per heavy atom. The van der Waals surface area contributed by atoms with E-state index in [1.54, 1.807) is 13.2 Å². The van der Waals surface area contributed by atoms with Gasteiger partial charge in [0.25, 0.3) is 0 Å². The molecule has 4 aliphatic rings. The van der Waals surface area contributed by atoms with Gasteiger partial charge in [-0.05, 0) is 130 Å². The van der Waals surface area contributed by atoms with E-state index in [4.69, 9.17) is 23.4 Å². The molecule has 336 valence electrons. The maximum atomic E-state index is 14.8. The highest BCUT2D eigenvalue weighted by molar-refractivity contribution is 5.90. The average molecular weight is 867 g/mol. The van der Waals surface area contributed by atoms with Gasteiger partial charge in [-0.2, -0.15) is 0 Å². The van der Waals surface area contributed by atoms with Crippen LogP contribution >= 0.6 is 0 Å². The number of benzene rings is 4. The van der Waals surface area contributed by atoms with Gasteiger partial charge in [-0.1, -0.05) is 97.3 Å². The Morgan fingerprint density at radius 2 is 1.56 bits per heavy atom. The van der Waals surface area contributed by atoms with E-state index in [0.29, 0.717) is 53.5 Å². The van der Waals surface area contributed by atoms with E-state index in [1.165, 1.54) is 16.7 Å². The number of methoxy groups -OCH3 is 1. The molecular formula is C55H62O9. The molecule has 64 heavy (non-hydrogen) atoms. The van der Waals surface area contributed by atoms with Crippen LogP contribution in [0.4, 0.5) is 0 Å². The Bertz CT molecular complexity index is 2510. The monoisotopic (exact) mass is 866 g/mol. The highest BCUT2D eigenvalue weighted by Gasteiger charge is 2.57. The second-order valence-corrected chi connectivity index (χ2v) is 18.6. The predicted molar refractivity (Wildman–Crippen MR) is 247 cm³/mol. The summed E-state index contributed by atoms with van der Waals surface area (Å²) in [6.07, 6.45) is 6.13. The second-order valence-electron chi connectivity index (χ2n) is 18.6. The molecule has 1 aromatic heterocycles. The van der Waals surface area contributed by atoms with Gasteiger partial charge in [0.2, 0.25) is 0 Å². The molecule has 2 bridgehead atoms. The van der Waals surface area contributed by atoms with Crippen molar-refractivity contribution in [2.75, 3.05) is 20.3 Å². The van der Waals surface area contributed by atoms with E-state index in [9.17, 15) is 19.5 Å². The molecule has 9 rings (SSSR count). The third-order valence-electron chi connectivity index (χ3n) is 13.9. The van der Waals surface area contributed by atoms with Crippen LogP contribution in [-0.4, -0.2) is 49.1 Å². The van der Waals surface area contributed by atoms with E-state index >= 15 is 0 Å². The maximum Gasteiger partial charge on any atom is 0.339 e. The van der Waals surface area contributed by atoms with Crippen LogP contribution in [0.5, 0.6) is 5.75 Å². The summed E-state index contributed by atoms with van der Waals surface area (Å²) in [5.74, 6) is -0.948. The summed E-state index contributed by atoms with van der Waals surface area (Å²) in [6, 6.07) is 33.1. The molecule has 4 aromatic carbocycles. The standard InChI is InChI=1S/C55H62O9/c1-35(2)45-25-23-36-17-19-39(20-18-36)31-41(22-21-38-13-10-14-40(30-38)29-37-11-6-5-7-12-37)32-48(57)61-51-49-47(64-55(3,44-15-8-9-16-44)52(51)63-53(45)58)26-24-42-33-46(54(59)62-50(42)49)43(27-28-56)34-60-4/h5-7,10-14,17-20,24,26,30,33,41,43-44,51-52,56H,8-9,15-16,21-23,25,27-29,31-32,34H2,1-4H3/t41-,43-,51-,52+,55+/m1/s1. The van der Waals surface area contributed by atoms with Crippen LogP contribution in [-0.2, 0) is 49.5 Å². The summed E-state index contributed by atoms with van der Waals surface area (Å²) >= 11 is 0. The second kappa shape index (κ2) is 20.1. The molecule has 1 aliphatic carbocycles. The van der Waals surface area contributed by atoms with Crippen molar-refractivity contribution in [2.45, 2.75) is 122 Å². The number of aliphatic hydroxyl groups is 1. The Kier molecular flexibility index (Phi) is 14.2. The predicted octanol–water partition coefficient (Wildman–Crippen LogP) is 10.5. The lowest BCUT2D eigenvalue weighted by atomic mass is 9.76. The lowest BCUT2D eigenvalue weighted by Gasteiger charge is -2.48. The first-order valence-electron chi connectivity index (χ1n) is 23.2. The molecule has 3 aliphatic heterocycles. The molecule has 1 fully saturated rings. The van der Waals surface area contributed by atoms with Crippen molar-refractivity contribution in [2.24, 2.45) is 11.8 Å². The van der Waals surface area contributed by atoms with Gasteiger partial charge in [-0.3, -0.25) is 4.79 Å². The topological polar surface area (TPSA) is 122 Å². The van der Waals surface area contributed by atoms with E-state index in [1.807, 2.05) is 39.0 Å². The molecule has 9 nitrogen and oxygen atoms in total. The third kappa shape index (κ3) is 10.1. The van der Waals surface area contributed by atoms with Crippen LogP contribution in [0.3, 0.4) is 0 Å². The Morgan fingerprint density at radius 1 is 0.828 bits per heavy atom. The molecule has 1 saturated carbocycles. The number of hydrogen-bond donors (Lipinski definition) is 1. The van der Waals surface area contributed by atoms with Crippen LogP contribution < -0.4 is 10.4 Å². The van der Waals surface area contributed by atoms with Gasteiger partial charge in [-0.25, -0.2) is 9.59 Å². The van der Waals surface area contributed by atoms with Crippen LogP contribution in [0.25, 0.3) is 11.0 Å². The number of carbonyl (C=O) groups is 2. The summed E-state index contributed by atoms with van der Waals surface area (Å²) in [5.41, 5.74) is 6.68. The summed E-state index contributed by atoms with van der Waals surface area (Å²) in [7, 11) is 1.56. The highest BCUT2D eigenvalue weighted by Crippen LogP contribution is 2.52. The number of ether oxygens (including phenoxy) is 4. The van der Waals surface area contributed by atoms with E-state index in [-0.39, 0.29) is 37.1 Å². The van der Waals surface area contributed by atoms with Crippen LogP contribution in [0.2, 0.25) is 0 Å². The van der Waals surface area contributed by atoms with Crippen molar-refractivity contribution < 1.29 is 38.1 Å². The fraction of sp³-hybridized carbons (Fsp3) is 0.436. The van der Waals surface area contributed by atoms with Gasteiger partial charge < -0.3 is 28.5 Å². The Hall–Kier alpha value is -5.51. The Balaban J connectivity index is 1.20. The average Bonchev–Trinajstić information content (AvgIpc) is 3.84. The fourth-order valence-electron chi connectivity index (χ4n) is 10.4. The summed E-state index contributed by atoms with van der Waals surface area (Å²) in [6.45, 7) is 5.92. The maximum absolute atomic E-state index is 14.8. The van der Waals surface area contributed by atoms with E-state index in [0.717, 1.165) is 61.6 Å². The van der Waals surface area contributed by atoms with Gasteiger partial charge >= 0.3 is 17.6 Å². The number of fused-ring (bicyclic) bond motifs is 13. The third-order valence-corrected chi connectivity index (χ3v) is 13.9. The first-order valence-corrected chi connectivity index (χ1v) is 23.2. The first-order chi connectivity index (χ1) is 31.0. The van der Waals surface area contributed by atoms with Gasteiger partial charge in [0.15, 0.2) is 12.2 Å². The summed E-state index contributed by atoms with van der Waals surface area (Å²) in [4.78, 5) is 43.4. The van der Waals surface area contributed by atoms with Crippen LogP contribution in [0, 0.1) is 11.8 Å². The number of esters is 2.